The summed E-state index contributed by atoms with van der Waals surface area (Å²) in [6.45, 7) is 3.69. The second-order valence-electron chi connectivity index (χ2n) is 6.77. The van der Waals surface area contributed by atoms with Crippen molar-refractivity contribution in [2.24, 2.45) is 7.05 Å². The number of fused-ring (bicyclic) bond motifs is 1. The average Bonchev–Trinajstić information content (AvgIpc) is 3.03. The molecule has 1 unspecified atom stereocenters. The van der Waals surface area contributed by atoms with Gasteiger partial charge in [-0.3, -0.25) is 4.79 Å². The predicted octanol–water partition coefficient (Wildman–Crippen LogP) is 1.60. The third-order valence-electron chi connectivity index (χ3n) is 4.88. The number of nitrogens with zero attached hydrogens (tertiary/aromatic N) is 6. The summed E-state index contributed by atoms with van der Waals surface area (Å²) in [5, 5.41) is 12.3. The number of rotatable bonds is 4. The van der Waals surface area contributed by atoms with Gasteiger partial charge in [0.2, 0.25) is 0 Å². The van der Waals surface area contributed by atoms with E-state index in [1.165, 1.54) is 11.1 Å². The van der Waals surface area contributed by atoms with Crippen LogP contribution >= 0.6 is 0 Å². The van der Waals surface area contributed by atoms with Crippen molar-refractivity contribution in [3.8, 4) is 0 Å². The monoisotopic (exact) mass is 353 g/mol. The highest BCUT2D eigenvalue weighted by atomic mass is 16.1. The fraction of sp³-hybridized carbons (Fsp3) is 0.444. The lowest BCUT2D eigenvalue weighted by Gasteiger charge is -2.36. The third-order valence-corrected chi connectivity index (χ3v) is 4.88. The van der Waals surface area contributed by atoms with Crippen molar-refractivity contribution < 1.29 is 0 Å². The van der Waals surface area contributed by atoms with E-state index in [2.05, 4.69) is 25.4 Å². The summed E-state index contributed by atoms with van der Waals surface area (Å²) in [5.74, 6) is 1.69. The Morgan fingerprint density at radius 2 is 2.15 bits per heavy atom. The Hall–Kier alpha value is -2.90. The first-order valence-electron chi connectivity index (χ1n) is 8.98. The number of aryl methyl sites for hydroxylation is 2. The maximum absolute atomic E-state index is 11.6. The minimum absolute atomic E-state index is 0.0904. The molecule has 1 N–H and O–H groups in total. The van der Waals surface area contributed by atoms with Gasteiger partial charge in [-0.25, -0.2) is 14.2 Å². The molecule has 0 aromatic carbocycles. The zero-order valence-corrected chi connectivity index (χ0v) is 15.1. The predicted molar refractivity (Wildman–Crippen MR) is 101 cm³/mol. The molecule has 1 aliphatic heterocycles. The molecule has 8 nitrogen and oxygen atoms in total. The molecule has 1 atom stereocenters. The lowest BCUT2D eigenvalue weighted by Crippen LogP contribution is -2.45. The van der Waals surface area contributed by atoms with Crippen molar-refractivity contribution in [1.29, 1.82) is 0 Å². The van der Waals surface area contributed by atoms with E-state index in [1.807, 2.05) is 29.8 Å². The first kappa shape index (κ1) is 16.6. The molecule has 4 rings (SSSR count). The van der Waals surface area contributed by atoms with Gasteiger partial charge in [0, 0.05) is 44.6 Å². The summed E-state index contributed by atoms with van der Waals surface area (Å²) in [7, 11) is 1.69. The Balaban J connectivity index is 1.55. The van der Waals surface area contributed by atoms with E-state index in [4.69, 9.17) is 0 Å². The lowest BCUT2D eigenvalue weighted by molar-refractivity contribution is 0.464. The molecule has 0 radical (unpaired) electrons. The molecule has 8 heteroatoms. The van der Waals surface area contributed by atoms with Crippen LogP contribution in [0.1, 0.15) is 25.0 Å². The molecule has 3 aromatic rings. The minimum Gasteiger partial charge on any atom is -0.366 e. The summed E-state index contributed by atoms with van der Waals surface area (Å²) >= 11 is 0. The molecule has 0 aliphatic carbocycles. The fourth-order valence-corrected chi connectivity index (χ4v) is 3.55. The van der Waals surface area contributed by atoms with Gasteiger partial charge in [0.25, 0.3) is 5.56 Å². The molecule has 26 heavy (non-hydrogen) atoms. The number of nitrogens with one attached hydrogen (secondary N) is 1. The maximum Gasteiger partial charge on any atom is 0.266 e. The zero-order valence-electron chi connectivity index (χ0n) is 15.1. The van der Waals surface area contributed by atoms with E-state index in [-0.39, 0.29) is 5.56 Å². The second-order valence-corrected chi connectivity index (χ2v) is 6.77. The van der Waals surface area contributed by atoms with Crippen molar-refractivity contribution in [3.05, 3.63) is 46.6 Å². The van der Waals surface area contributed by atoms with Gasteiger partial charge >= 0.3 is 0 Å². The van der Waals surface area contributed by atoms with Crippen LogP contribution in [0.25, 0.3) is 5.52 Å². The number of aromatic nitrogens is 5. The van der Waals surface area contributed by atoms with Gasteiger partial charge in [0.15, 0.2) is 5.82 Å². The van der Waals surface area contributed by atoms with Crippen LogP contribution in [-0.2, 0) is 7.05 Å². The van der Waals surface area contributed by atoms with E-state index in [1.54, 1.807) is 19.3 Å². The summed E-state index contributed by atoms with van der Waals surface area (Å²) in [6.07, 6.45) is 7.03. The Morgan fingerprint density at radius 3 is 3.00 bits per heavy atom. The molecule has 4 heterocycles. The largest absolute Gasteiger partial charge is 0.366 e. The van der Waals surface area contributed by atoms with Gasteiger partial charge in [-0.15, -0.1) is 0 Å². The van der Waals surface area contributed by atoms with E-state index in [0.717, 1.165) is 48.8 Å². The standard InChI is InChI=1S/C18H23N7O/c1-13-11-15-18(19-8-10-25(15)21-13)20-12-14-5-3-4-9-24(14)16-6-7-17(26)23(2)22-16/h6-8,10-11,14H,3-5,9,12H2,1-2H3,(H,19,20). The maximum atomic E-state index is 11.6. The molecule has 136 valence electrons. The fourth-order valence-electron chi connectivity index (χ4n) is 3.55. The van der Waals surface area contributed by atoms with Crippen molar-refractivity contribution in [2.75, 3.05) is 23.3 Å². The summed E-state index contributed by atoms with van der Waals surface area (Å²) in [4.78, 5) is 18.4. The highest BCUT2D eigenvalue weighted by Gasteiger charge is 2.24. The van der Waals surface area contributed by atoms with Gasteiger partial charge in [0.05, 0.1) is 5.69 Å². The van der Waals surface area contributed by atoms with E-state index in [9.17, 15) is 4.79 Å². The van der Waals surface area contributed by atoms with Crippen LogP contribution in [0.2, 0.25) is 0 Å². The van der Waals surface area contributed by atoms with Gasteiger partial charge < -0.3 is 10.2 Å². The normalized spacial score (nSPS) is 17.6. The second kappa shape index (κ2) is 6.78. The average molecular weight is 353 g/mol. The number of anilines is 2. The van der Waals surface area contributed by atoms with Crippen molar-refractivity contribution in [3.63, 3.8) is 0 Å². The minimum atomic E-state index is -0.0904. The smallest absolute Gasteiger partial charge is 0.266 e. The van der Waals surface area contributed by atoms with Crippen molar-refractivity contribution in [2.45, 2.75) is 32.2 Å². The van der Waals surface area contributed by atoms with Gasteiger partial charge in [-0.1, -0.05) is 0 Å². The number of hydrogen-bond donors (Lipinski definition) is 1. The van der Waals surface area contributed by atoms with Crippen LogP contribution in [0, 0.1) is 6.92 Å². The Bertz CT molecular complexity index is 977. The van der Waals surface area contributed by atoms with Gasteiger partial charge in [-0.2, -0.15) is 10.2 Å². The number of hydrogen-bond acceptors (Lipinski definition) is 6. The van der Waals surface area contributed by atoms with E-state index >= 15 is 0 Å². The molecule has 0 saturated carbocycles. The quantitative estimate of drug-likeness (QED) is 0.767. The topological polar surface area (TPSA) is 80.4 Å². The van der Waals surface area contributed by atoms with Crippen LogP contribution in [0.15, 0.2) is 35.4 Å². The molecule has 0 bridgehead atoms. The first-order chi connectivity index (χ1) is 12.6. The van der Waals surface area contributed by atoms with E-state index in [0.29, 0.717) is 6.04 Å². The Labute approximate surface area is 151 Å². The summed E-state index contributed by atoms with van der Waals surface area (Å²) in [6, 6.07) is 5.74. The van der Waals surface area contributed by atoms with Gasteiger partial charge in [-0.05, 0) is 38.3 Å². The highest BCUT2D eigenvalue weighted by molar-refractivity contribution is 5.67. The highest BCUT2D eigenvalue weighted by Crippen LogP contribution is 2.23. The molecule has 0 amide bonds. The van der Waals surface area contributed by atoms with E-state index < -0.39 is 0 Å². The molecule has 1 saturated heterocycles. The van der Waals surface area contributed by atoms with Crippen molar-refractivity contribution >= 4 is 17.2 Å². The van der Waals surface area contributed by atoms with Crippen LogP contribution in [0.5, 0.6) is 0 Å². The van der Waals surface area contributed by atoms with Crippen LogP contribution in [0.3, 0.4) is 0 Å². The molecular weight excluding hydrogens is 330 g/mol. The molecule has 1 aliphatic rings. The Morgan fingerprint density at radius 1 is 1.27 bits per heavy atom. The molecule has 1 fully saturated rings. The molecule has 3 aromatic heterocycles. The molecular formula is C18H23N7O. The lowest BCUT2D eigenvalue weighted by atomic mass is 10.0. The number of piperidine rings is 1. The zero-order chi connectivity index (χ0) is 18.1. The first-order valence-corrected chi connectivity index (χ1v) is 8.98. The Kier molecular flexibility index (Phi) is 4.32. The van der Waals surface area contributed by atoms with Crippen LogP contribution < -0.4 is 15.8 Å². The third kappa shape index (κ3) is 3.14. The van der Waals surface area contributed by atoms with Crippen molar-refractivity contribution in [1.82, 2.24) is 24.4 Å². The summed E-state index contributed by atoms with van der Waals surface area (Å²) in [5.41, 5.74) is 1.86. The SMILES string of the molecule is Cc1cc2c(NCC3CCCCN3c3ccc(=O)n(C)n3)nccn2n1. The summed E-state index contributed by atoms with van der Waals surface area (Å²) < 4.78 is 3.24. The molecule has 0 spiro atoms. The van der Waals surface area contributed by atoms with Crippen LogP contribution in [0.4, 0.5) is 11.6 Å². The van der Waals surface area contributed by atoms with Gasteiger partial charge in [0.1, 0.15) is 11.3 Å². The van der Waals surface area contributed by atoms with Crippen LogP contribution in [-0.4, -0.2) is 43.5 Å².